The number of aromatic nitrogens is 2. The van der Waals surface area contributed by atoms with Crippen molar-refractivity contribution in [3.8, 4) is 11.3 Å². The molecule has 1 N–H and O–H groups in total. The van der Waals surface area contributed by atoms with Gasteiger partial charge in [0.2, 0.25) is 5.95 Å². The van der Waals surface area contributed by atoms with Gasteiger partial charge in [-0.05, 0) is 6.07 Å². The third kappa shape index (κ3) is 3.92. The molecule has 0 aliphatic carbocycles. The van der Waals surface area contributed by atoms with Gasteiger partial charge in [-0.25, -0.2) is 14.8 Å². The number of anilines is 1. The Labute approximate surface area is 156 Å². The molecule has 0 amide bonds. The molecule has 142 valence electrons. The summed E-state index contributed by atoms with van der Waals surface area (Å²) in [7, 11) is 1.33. The predicted octanol–water partition coefficient (Wildman–Crippen LogP) is 1.28. The summed E-state index contributed by atoms with van der Waals surface area (Å²) in [4.78, 5) is 20.1. The molecule has 2 aliphatic heterocycles. The molecule has 8 heteroatoms. The van der Waals surface area contributed by atoms with Crippen molar-refractivity contribution in [2.45, 2.75) is 24.4 Å². The third-order valence-electron chi connectivity index (χ3n) is 4.69. The molecule has 27 heavy (non-hydrogen) atoms. The molecule has 4 atom stereocenters. The lowest BCUT2D eigenvalue weighted by molar-refractivity contribution is -0.149. The van der Waals surface area contributed by atoms with E-state index in [9.17, 15) is 4.79 Å². The van der Waals surface area contributed by atoms with Crippen molar-refractivity contribution < 1.29 is 23.7 Å². The number of esters is 1. The van der Waals surface area contributed by atoms with Crippen LogP contribution in [0.5, 0.6) is 0 Å². The number of methoxy groups -OCH3 is 1. The molecule has 2 saturated heterocycles. The van der Waals surface area contributed by atoms with E-state index in [1.54, 1.807) is 6.20 Å². The summed E-state index contributed by atoms with van der Waals surface area (Å²) in [6.45, 7) is 0.708. The van der Waals surface area contributed by atoms with Crippen LogP contribution in [0, 0.1) is 0 Å². The molecule has 2 aliphatic rings. The molecule has 0 saturated carbocycles. The number of carbonyl (C=O) groups excluding carboxylic acids is 1. The Hall–Kier alpha value is -2.55. The summed E-state index contributed by atoms with van der Waals surface area (Å²) < 4.78 is 21.8. The summed E-state index contributed by atoms with van der Waals surface area (Å²) in [5.41, 5.74) is 1.87. The fourth-order valence-corrected chi connectivity index (χ4v) is 3.33. The zero-order valence-electron chi connectivity index (χ0n) is 14.9. The van der Waals surface area contributed by atoms with Gasteiger partial charge in [-0.2, -0.15) is 0 Å². The van der Waals surface area contributed by atoms with Crippen molar-refractivity contribution in [1.29, 1.82) is 0 Å². The number of hydrogen-bond acceptors (Lipinski definition) is 8. The van der Waals surface area contributed by atoms with Gasteiger partial charge >= 0.3 is 5.97 Å². The Morgan fingerprint density at radius 1 is 1.19 bits per heavy atom. The van der Waals surface area contributed by atoms with Crippen molar-refractivity contribution in [3.05, 3.63) is 42.6 Å². The second-order valence-electron chi connectivity index (χ2n) is 6.40. The molecule has 0 radical (unpaired) electrons. The highest BCUT2D eigenvalue weighted by Gasteiger charge is 2.48. The van der Waals surface area contributed by atoms with E-state index in [1.807, 2.05) is 36.4 Å². The lowest BCUT2D eigenvalue weighted by Gasteiger charge is -2.18. The van der Waals surface area contributed by atoms with E-state index < -0.39 is 5.97 Å². The smallest absolute Gasteiger partial charge is 0.331 e. The van der Waals surface area contributed by atoms with Gasteiger partial charge in [-0.3, -0.25) is 0 Å². The topological polar surface area (TPSA) is 91.8 Å². The fourth-order valence-electron chi connectivity index (χ4n) is 3.33. The number of hydrogen-bond donors (Lipinski definition) is 1. The molecule has 2 fully saturated rings. The molecule has 0 bridgehead atoms. The van der Waals surface area contributed by atoms with E-state index in [2.05, 4.69) is 20.0 Å². The van der Waals surface area contributed by atoms with Crippen molar-refractivity contribution in [1.82, 2.24) is 9.97 Å². The third-order valence-corrected chi connectivity index (χ3v) is 4.69. The number of nitrogens with zero attached hydrogens (tertiary/aromatic N) is 2. The molecule has 2 aromatic rings. The Morgan fingerprint density at radius 3 is 2.81 bits per heavy atom. The number of rotatable bonds is 6. The maximum Gasteiger partial charge on any atom is 0.331 e. The van der Waals surface area contributed by atoms with Crippen molar-refractivity contribution >= 4 is 11.9 Å². The van der Waals surface area contributed by atoms with Crippen LogP contribution in [0.2, 0.25) is 0 Å². The summed E-state index contributed by atoms with van der Waals surface area (Å²) in [5, 5.41) is 3.30. The lowest BCUT2D eigenvalue weighted by atomic mass is 10.1. The van der Waals surface area contributed by atoms with Gasteiger partial charge in [-0.15, -0.1) is 0 Å². The molecule has 0 unspecified atom stereocenters. The van der Waals surface area contributed by atoms with Gasteiger partial charge < -0.3 is 24.3 Å². The van der Waals surface area contributed by atoms with Crippen LogP contribution in [0.4, 0.5) is 5.95 Å². The fraction of sp³-hybridized carbons (Fsp3) is 0.421. The maximum atomic E-state index is 11.3. The molecule has 3 heterocycles. The highest BCUT2D eigenvalue weighted by Crippen LogP contribution is 2.30. The van der Waals surface area contributed by atoms with Crippen molar-refractivity contribution in [2.75, 3.05) is 32.2 Å². The van der Waals surface area contributed by atoms with E-state index in [0.717, 1.165) is 11.3 Å². The molecule has 1 aromatic carbocycles. The molecule has 4 rings (SSSR count). The van der Waals surface area contributed by atoms with Gasteiger partial charge in [-0.1, -0.05) is 30.3 Å². The summed E-state index contributed by atoms with van der Waals surface area (Å²) in [5.74, 6) is 0.102. The number of nitrogens with one attached hydrogen (secondary N) is 1. The highest BCUT2D eigenvalue weighted by molar-refractivity contribution is 5.70. The van der Waals surface area contributed by atoms with E-state index in [0.29, 0.717) is 19.2 Å². The summed E-state index contributed by atoms with van der Waals surface area (Å²) >= 11 is 0. The zero-order valence-corrected chi connectivity index (χ0v) is 14.9. The van der Waals surface area contributed by atoms with Crippen molar-refractivity contribution in [2.24, 2.45) is 0 Å². The van der Waals surface area contributed by atoms with Gasteiger partial charge in [0.15, 0.2) is 0 Å². The second kappa shape index (κ2) is 7.99. The second-order valence-corrected chi connectivity index (χ2v) is 6.40. The Balaban J connectivity index is 1.39. The minimum Gasteiger partial charge on any atom is -0.467 e. The van der Waals surface area contributed by atoms with Gasteiger partial charge in [0, 0.05) is 11.8 Å². The van der Waals surface area contributed by atoms with E-state index in [-0.39, 0.29) is 31.0 Å². The van der Waals surface area contributed by atoms with Crippen LogP contribution in [0.25, 0.3) is 11.3 Å². The van der Waals surface area contributed by atoms with Gasteiger partial charge in [0.25, 0.3) is 0 Å². The maximum absolute atomic E-state index is 11.3. The van der Waals surface area contributed by atoms with Crippen LogP contribution in [0.1, 0.15) is 0 Å². The van der Waals surface area contributed by atoms with Gasteiger partial charge in [0.1, 0.15) is 24.9 Å². The SMILES string of the molecule is COC(=O)CO[C@@H]1CO[C@H]2[C@@H]1OC[C@@H]2Nc1nccc(-c2ccccc2)n1. The van der Waals surface area contributed by atoms with E-state index in [4.69, 9.17) is 14.2 Å². The van der Waals surface area contributed by atoms with E-state index in [1.165, 1.54) is 7.11 Å². The molecule has 1 aromatic heterocycles. The first-order valence-electron chi connectivity index (χ1n) is 8.81. The van der Waals surface area contributed by atoms with E-state index >= 15 is 0 Å². The molecular formula is C19H21N3O5. The standard InChI is InChI=1S/C19H21N3O5/c1-24-16(23)11-25-15-10-27-17-14(9-26-18(15)17)22-19-20-8-7-13(21-19)12-5-3-2-4-6-12/h2-8,14-15,17-18H,9-11H2,1H3,(H,20,21,22)/t14-,15+,17+,18+/m0/s1. The monoisotopic (exact) mass is 371 g/mol. The van der Waals surface area contributed by atoms with Crippen molar-refractivity contribution in [3.63, 3.8) is 0 Å². The average molecular weight is 371 g/mol. The van der Waals surface area contributed by atoms with Crippen LogP contribution in [0.15, 0.2) is 42.6 Å². The minimum atomic E-state index is -0.419. The van der Waals surface area contributed by atoms with Crippen LogP contribution >= 0.6 is 0 Å². The number of fused-ring (bicyclic) bond motifs is 1. The summed E-state index contributed by atoms with van der Waals surface area (Å²) in [6, 6.07) is 11.7. The Kier molecular flexibility index (Phi) is 5.28. The zero-order chi connectivity index (χ0) is 18.6. The number of carbonyl (C=O) groups is 1. The Bertz CT molecular complexity index is 788. The highest BCUT2D eigenvalue weighted by atomic mass is 16.6. The van der Waals surface area contributed by atoms with Crippen LogP contribution in [0.3, 0.4) is 0 Å². The van der Waals surface area contributed by atoms with Crippen LogP contribution in [-0.2, 0) is 23.7 Å². The molecule has 8 nitrogen and oxygen atoms in total. The number of benzene rings is 1. The van der Waals surface area contributed by atoms with Gasteiger partial charge in [0.05, 0.1) is 32.1 Å². The van der Waals surface area contributed by atoms with Crippen LogP contribution < -0.4 is 5.32 Å². The Morgan fingerprint density at radius 2 is 2.00 bits per heavy atom. The molecular weight excluding hydrogens is 350 g/mol. The largest absolute Gasteiger partial charge is 0.467 e. The average Bonchev–Trinajstić information content (AvgIpc) is 3.30. The number of ether oxygens (including phenoxy) is 4. The molecule has 0 spiro atoms. The quantitative estimate of drug-likeness (QED) is 0.760. The first-order valence-corrected chi connectivity index (χ1v) is 8.81. The summed E-state index contributed by atoms with van der Waals surface area (Å²) in [6.07, 6.45) is 1.02. The normalized spacial score (nSPS) is 26.6. The first-order chi connectivity index (χ1) is 13.2. The predicted molar refractivity (Wildman–Crippen MR) is 96.1 cm³/mol. The minimum absolute atomic E-state index is 0.0900. The van der Waals surface area contributed by atoms with Crippen LogP contribution in [-0.4, -0.2) is 67.2 Å². The first kappa shape index (κ1) is 17.8. The lowest BCUT2D eigenvalue weighted by Crippen LogP contribution is -2.37.